The first kappa shape index (κ1) is 14.0. The molecule has 1 aromatic rings. The smallest absolute Gasteiger partial charge is 0.393 e. The highest BCUT2D eigenvalue weighted by Gasteiger charge is 2.35. The van der Waals surface area contributed by atoms with Crippen molar-refractivity contribution in [2.45, 2.75) is 44.9 Å². The van der Waals surface area contributed by atoms with E-state index in [1.807, 2.05) is 6.92 Å². The van der Waals surface area contributed by atoms with Crippen molar-refractivity contribution in [3.05, 3.63) is 35.4 Å². The Hall–Kier alpha value is -1.03. The Morgan fingerprint density at radius 2 is 1.82 bits per heavy atom. The number of aliphatic hydroxyl groups is 1. The van der Waals surface area contributed by atoms with Crippen molar-refractivity contribution < 1.29 is 18.3 Å². The summed E-state index contributed by atoms with van der Waals surface area (Å²) in [6.45, 7) is 3.52. The van der Waals surface area contributed by atoms with Gasteiger partial charge < -0.3 is 5.11 Å². The maximum Gasteiger partial charge on any atom is 0.416 e. The average Bonchev–Trinajstić information content (AvgIpc) is 2.27. The number of alkyl halides is 3. The number of hydrogen-bond acceptors (Lipinski definition) is 1. The molecule has 0 heterocycles. The molecular formula is C13H17F3O. The third kappa shape index (κ3) is 3.46. The van der Waals surface area contributed by atoms with Gasteiger partial charge in [0.15, 0.2) is 0 Å². The molecule has 0 spiro atoms. The number of rotatable bonds is 4. The molecule has 0 bridgehead atoms. The summed E-state index contributed by atoms with van der Waals surface area (Å²) >= 11 is 0. The van der Waals surface area contributed by atoms with Gasteiger partial charge in [0.25, 0.3) is 0 Å². The summed E-state index contributed by atoms with van der Waals surface area (Å²) in [4.78, 5) is 0. The summed E-state index contributed by atoms with van der Waals surface area (Å²) in [7, 11) is 0. The Morgan fingerprint density at radius 3 is 2.35 bits per heavy atom. The van der Waals surface area contributed by atoms with E-state index in [9.17, 15) is 18.3 Å². The van der Waals surface area contributed by atoms with Crippen LogP contribution < -0.4 is 0 Å². The standard InChI is InChI=1S/C13H17F3O/c1-3-6-12(17)9(2)10-7-4-5-8-11(10)13(14,15)16/h4-5,7-9,12,17H,3,6H2,1-2H3. The molecule has 0 fully saturated rings. The fraction of sp³-hybridized carbons (Fsp3) is 0.538. The van der Waals surface area contributed by atoms with Gasteiger partial charge in [-0.2, -0.15) is 13.2 Å². The summed E-state index contributed by atoms with van der Waals surface area (Å²) in [5, 5.41) is 9.79. The molecule has 0 amide bonds. The normalized spacial score (nSPS) is 15.6. The van der Waals surface area contributed by atoms with Gasteiger partial charge in [-0.15, -0.1) is 0 Å². The summed E-state index contributed by atoms with van der Waals surface area (Å²) in [6.07, 6.45) is -3.84. The van der Waals surface area contributed by atoms with Crippen LogP contribution in [0.25, 0.3) is 0 Å². The molecule has 1 aromatic carbocycles. The van der Waals surface area contributed by atoms with Gasteiger partial charge >= 0.3 is 6.18 Å². The highest BCUT2D eigenvalue weighted by Crippen LogP contribution is 2.36. The molecule has 2 unspecified atom stereocenters. The molecule has 0 aliphatic heterocycles. The van der Waals surface area contributed by atoms with Crippen LogP contribution in [0.1, 0.15) is 43.7 Å². The largest absolute Gasteiger partial charge is 0.416 e. The van der Waals surface area contributed by atoms with Crippen LogP contribution in [0.5, 0.6) is 0 Å². The minimum atomic E-state index is -4.36. The maximum atomic E-state index is 12.8. The van der Waals surface area contributed by atoms with E-state index in [-0.39, 0.29) is 5.56 Å². The Morgan fingerprint density at radius 1 is 1.24 bits per heavy atom. The fourth-order valence-electron chi connectivity index (χ4n) is 1.91. The van der Waals surface area contributed by atoms with Gasteiger partial charge in [0, 0.05) is 5.92 Å². The minimum absolute atomic E-state index is 0.168. The first-order chi connectivity index (χ1) is 7.88. The molecule has 1 nitrogen and oxygen atoms in total. The van der Waals surface area contributed by atoms with Gasteiger partial charge in [0.2, 0.25) is 0 Å². The first-order valence-corrected chi connectivity index (χ1v) is 5.72. The van der Waals surface area contributed by atoms with Crippen LogP contribution in [-0.4, -0.2) is 11.2 Å². The molecule has 0 saturated carbocycles. The van der Waals surface area contributed by atoms with E-state index in [2.05, 4.69) is 0 Å². The first-order valence-electron chi connectivity index (χ1n) is 5.72. The van der Waals surface area contributed by atoms with E-state index >= 15 is 0 Å². The van der Waals surface area contributed by atoms with Crippen LogP contribution in [-0.2, 0) is 6.18 Å². The molecule has 0 saturated heterocycles. The lowest BCUT2D eigenvalue weighted by Gasteiger charge is -2.22. The molecular weight excluding hydrogens is 229 g/mol. The molecule has 0 radical (unpaired) electrons. The predicted octanol–water partition coefficient (Wildman–Crippen LogP) is 3.97. The van der Waals surface area contributed by atoms with Crippen LogP contribution in [0.2, 0.25) is 0 Å². The molecule has 96 valence electrons. The number of aliphatic hydroxyl groups excluding tert-OH is 1. The number of hydrogen-bond donors (Lipinski definition) is 1. The van der Waals surface area contributed by atoms with Crippen molar-refractivity contribution in [2.75, 3.05) is 0 Å². The molecule has 1 rings (SSSR count). The Labute approximate surface area is 99.3 Å². The second-order valence-corrected chi connectivity index (χ2v) is 4.23. The Bertz CT molecular complexity index is 360. The van der Waals surface area contributed by atoms with Crippen LogP contribution in [0, 0.1) is 0 Å². The van der Waals surface area contributed by atoms with Crippen molar-refractivity contribution >= 4 is 0 Å². The minimum Gasteiger partial charge on any atom is -0.393 e. The van der Waals surface area contributed by atoms with Crippen molar-refractivity contribution in [3.8, 4) is 0 Å². The van der Waals surface area contributed by atoms with Crippen molar-refractivity contribution in [1.82, 2.24) is 0 Å². The van der Waals surface area contributed by atoms with E-state index in [0.717, 1.165) is 12.5 Å². The van der Waals surface area contributed by atoms with Gasteiger partial charge in [0.05, 0.1) is 11.7 Å². The van der Waals surface area contributed by atoms with Gasteiger partial charge in [-0.25, -0.2) is 0 Å². The second-order valence-electron chi connectivity index (χ2n) is 4.23. The lowest BCUT2D eigenvalue weighted by Crippen LogP contribution is -2.19. The molecule has 17 heavy (non-hydrogen) atoms. The molecule has 0 aromatic heterocycles. The second kappa shape index (κ2) is 5.54. The summed E-state index contributed by atoms with van der Waals surface area (Å²) < 4.78 is 38.3. The molecule has 2 atom stereocenters. The monoisotopic (exact) mass is 246 g/mol. The van der Waals surface area contributed by atoms with Crippen molar-refractivity contribution in [1.29, 1.82) is 0 Å². The van der Waals surface area contributed by atoms with Crippen LogP contribution in [0.4, 0.5) is 13.2 Å². The van der Waals surface area contributed by atoms with Gasteiger partial charge in [0.1, 0.15) is 0 Å². The third-order valence-corrected chi connectivity index (χ3v) is 2.92. The zero-order valence-corrected chi connectivity index (χ0v) is 9.96. The number of halogens is 3. The van der Waals surface area contributed by atoms with Crippen molar-refractivity contribution in [3.63, 3.8) is 0 Å². The predicted molar refractivity (Wildman–Crippen MR) is 60.8 cm³/mol. The van der Waals surface area contributed by atoms with E-state index in [4.69, 9.17) is 0 Å². The highest BCUT2D eigenvalue weighted by atomic mass is 19.4. The fourth-order valence-corrected chi connectivity index (χ4v) is 1.91. The Balaban J connectivity index is 3.05. The summed E-state index contributed by atoms with van der Waals surface area (Å²) in [5.74, 6) is -0.507. The van der Waals surface area contributed by atoms with Crippen LogP contribution in [0.15, 0.2) is 24.3 Å². The van der Waals surface area contributed by atoms with Crippen molar-refractivity contribution in [2.24, 2.45) is 0 Å². The quantitative estimate of drug-likeness (QED) is 0.852. The van der Waals surface area contributed by atoms with E-state index in [1.165, 1.54) is 12.1 Å². The van der Waals surface area contributed by atoms with Crippen LogP contribution in [0.3, 0.4) is 0 Å². The summed E-state index contributed by atoms with van der Waals surface area (Å²) in [5.41, 5.74) is -0.483. The van der Waals surface area contributed by atoms with Gasteiger partial charge in [-0.3, -0.25) is 0 Å². The van der Waals surface area contributed by atoms with E-state index in [0.29, 0.717) is 6.42 Å². The van der Waals surface area contributed by atoms with E-state index < -0.39 is 23.8 Å². The summed E-state index contributed by atoms with van der Waals surface area (Å²) in [6, 6.07) is 5.43. The zero-order chi connectivity index (χ0) is 13.1. The maximum absolute atomic E-state index is 12.8. The lowest BCUT2D eigenvalue weighted by atomic mass is 9.89. The van der Waals surface area contributed by atoms with Gasteiger partial charge in [-0.1, -0.05) is 38.5 Å². The Kier molecular flexibility index (Phi) is 4.57. The third-order valence-electron chi connectivity index (χ3n) is 2.92. The highest BCUT2D eigenvalue weighted by molar-refractivity contribution is 5.33. The van der Waals surface area contributed by atoms with Gasteiger partial charge in [-0.05, 0) is 18.1 Å². The van der Waals surface area contributed by atoms with E-state index in [1.54, 1.807) is 13.0 Å². The molecule has 4 heteroatoms. The lowest BCUT2D eigenvalue weighted by molar-refractivity contribution is -0.138. The number of benzene rings is 1. The average molecular weight is 246 g/mol. The SMILES string of the molecule is CCCC(O)C(C)c1ccccc1C(F)(F)F. The topological polar surface area (TPSA) is 20.2 Å². The molecule has 1 N–H and O–H groups in total. The van der Waals surface area contributed by atoms with Crippen LogP contribution >= 0.6 is 0 Å². The molecule has 0 aliphatic carbocycles. The molecule has 0 aliphatic rings. The zero-order valence-electron chi connectivity index (χ0n) is 9.96.